The van der Waals surface area contributed by atoms with E-state index in [1.54, 1.807) is 50.6 Å². The zero-order chi connectivity index (χ0) is 21.1. The van der Waals surface area contributed by atoms with Gasteiger partial charge in [-0.1, -0.05) is 12.1 Å². The van der Waals surface area contributed by atoms with Crippen LogP contribution in [0.15, 0.2) is 54.0 Å². The van der Waals surface area contributed by atoms with Gasteiger partial charge in [0.1, 0.15) is 5.82 Å². The minimum Gasteiger partial charge on any atom is -0.493 e. The Balaban J connectivity index is 1.45. The molecule has 8 heteroatoms. The van der Waals surface area contributed by atoms with E-state index in [1.165, 1.54) is 17.4 Å². The second-order valence-corrected chi connectivity index (χ2v) is 7.44. The first-order chi connectivity index (χ1) is 14.6. The first kappa shape index (κ1) is 19.9. The molecule has 1 amide bonds. The predicted molar refractivity (Wildman–Crippen MR) is 115 cm³/mol. The molecule has 4 rings (SSSR count). The van der Waals surface area contributed by atoms with E-state index >= 15 is 0 Å². The van der Waals surface area contributed by atoms with Crippen LogP contribution in [0.3, 0.4) is 0 Å². The Morgan fingerprint density at radius 3 is 2.73 bits per heavy atom. The molecule has 2 aromatic heterocycles. The summed E-state index contributed by atoms with van der Waals surface area (Å²) in [6, 6.07) is 11.8. The molecule has 30 heavy (non-hydrogen) atoms. The molecule has 0 saturated heterocycles. The van der Waals surface area contributed by atoms with E-state index < -0.39 is 0 Å². The van der Waals surface area contributed by atoms with Crippen molar-refractivity contribution in [3.05, 3.63) is 65.6 Å². The number of hydrogen-bond donors (Lipinski definition) is 1. The van der Waals surface area contributed by atoms with Crippen LogP contribution in [0.4, 0.5) is 10.1 Å². The summed E-state index contributed by atoms with van der Waals surface area (Å²) in [6.45, 7) is 0. The highest BCUT2D eigenvalue weighted by atomic mass is 32.1. The van der Waals surface area contributed by atoms with Crippen molar-refractivity contribution in [1.82, 2.24) is 9.38 Å². The molecule has 1 N–H and O–H groups in total. The van der Waals surface area contributed by atoms with E-state index in [0.29, 0.717) is 41.3 Å². The maximum Gasteiger partial charge on any atom is 0.224 e. The molecule has 0 aliphatic rings. The van der Waals surface area contributed by atoms with Gasteiger partial charge in [0.05, 0.1) is 19.9 Å². The van der Waals surface area contributed by atoms with Crippen molar-refractivity contribution in [3.63, 3.8) is 0 Å². The third kappa shape index (κ3) is 3.99. The number of nitrogens with one attached hydrogen (secondary N) is 1. The Hall–Kier alpha value is -3.39. The van der Waals surface area contributed by atoms with Crippen molar-refractivity contribution in [3.8, 4) is 22.8 Å². The SMILES string of the molecule is COc1ccc(NC(=O)CCc2csc3nc(-c4ccccc4F)cn23)cc1OC. The number of carbonyl (C=O) groups is 1. The minimum atomic E-state index is -0.306. The van der Waals surface area contributed by atoms with Crippen molar-refractivity contribution in [1.29, 1.82) is 0 Å². The molecule has 2 heterocycles. The van der Waals surface area contributed by atoms with Crippen LogP contribution >= 0.6 is 11.3 Å². The smallest absolute Gasteiger partial charge is 0.224 e. The normalized spacial score (nSPS) is 10.9. The van der Waals surface area contributed by atoms with Crippen LogP contribution in [-0.2, 0) is 11.2 Å². The van der Waals surface area contributed by atoms with Crippen molar-refractivity contribution in [2.45, 2.75) is 12.8 Å². The number of methoxy groups -OCH3 is 2. The molecule has 0 saturated carbocycles. The van der Waals surface area contributed by atoms with Gasteiger partial charge in [-0.25, -0.2) is 9.37 Å². The maximum absolute atomic E-state index is 14.1. The van der Waals surface area contributed by atoms with Crippen molar-refractivity contribution >= 4 is 27.9 Å². The molecule has 6 nitrogen and oxygen atoms in total. The van der Waals surface area contributed by atoms with Crippen LogP contribution < -0.4 is 14.8 Å². The molecule has 0 fully saturated rings. The summed E-state index contributed by atoms with van der Waals surface area (Å²) in [4.78, 5) is 17.7. The standard InChI is InChI=1S/C22H20FN3O3S/c1-28-19-9-7-14(11-20(19)29-2)24-21(27)10-8-15-13-30-22-25-18(12-26(15)22)16-5-3-4-6-17(16)23/h3-7,9,11-13H,8,10H2,1-2H3,(H,24,27). The largest absolute Gasteiger partial charge is 0.493 e. The molecule has 2 aromatic carbocycles. The molecule has 0 bridgehead atoms. The number of aromatic nitrogens is 2. The van der Waals surface area contributed by atoms with Gasteiger partial charge in [0.2, 0.25) is 5.91 Å². The van der Waals surface area contributed by atoms with Gasteiger partial charge in [-0.2, -0.15) is 0 Å². The Morgan fingerprint density at radius 1 is 1.17 bits per heavy atom. The monoisotopic (exact) mass is 425 g/mol. The number of amides is 1. The number of rotatable bonds is 7. The van der Waals surface area contributed by atoms with Gasteiger partial charge in [-0.3, -0.25) is 9.20 Å². The van der Waals surface area contributed by atoms with Gasteiger partial charge in [0, 0.05) is 41.0 Å². The quantitative estimate of drug-likeness (QED) is 0.462. The second kappa shape index (κ2) is 8.54. The van der Waals surface area contributed by atoms with Crippen LogP contribution in [0, 0.1) is 5.82 Å². The summed E-state index contributed by atoms with van der Waals surface area (Å²) in [5, 5.41) is 4.84. The highest BCUT2D eigenvalue weighted by Gasteiger charge is 2.14. The van der Waals surface area contributed by atoms with Crippen LogP contribution in [0.25, 0.3) is 16.2 Å². The summed E-state index contributed by atoms with van der Waals surface area (Å²) in [7, 11) is 3.11. The summed E-state index contributed by atoms with van der Waals surface area (Å²) in [6.07, 6.45) is 2.64. The van der Waals surface area contributed by atoms with Gasteiger partial charge >= 0.3 is 0 Å². The Kier molecular flexibility index (Phi) is 5.67. The maximum atomic E-state index is 14.1. The van der Waals surface area contributed by atoms with Gasteiger partial charge in [0.15, 0.2) is 16.5 Å². The number of carbonyl (C=O) groups excluding carboxylic acids is 1. The fraction of sp³-hybridized carbons (Fsp3) is 0.182. The van der Waals surface area contributed by atoms with Crippen LogP contribution in [0.1, 0.15) is 12.1 Å². The first-order valence-electron chi connectivity index (χ1n) is 9.31. The molecule has 154 valence electrons. The number of anilines is 1. The summed E-state index contributed by atoms with van der Waals surface area (Å²) < 4.78 is 26.4. The number of aryl methyl sites for hydroxylation is 1. The van der Waals surface area contributed by atoms with Crippen molar-refractivity contribution in [2.75, 3.05) is 19.5 Å². The second-order valence-electron chi connectivity index (χ2n) is 6.60. The Morgan fingerprint density at radius 2 is 1.97 bits per heavy atom. The van der Waals surface area contributed by atoms with Gasteiger partial charge in [0.25, 0.3) is 0 Å². The molecule has 0 spiro atoms. The third-order valence-electron chi connectivity index (χ3n) is 4.71. The molecule has 0 aliphatic carbocycles. The Labute approximate surface area is 176 Å². The number of hydrogen-bond acceptors (Lipinski definition) is 5. The minimum absolute atomic E-state index is 0.115. The average Bonchev–Trinajstić information content (AvgIpc) is 3.33. The molecular weight excluding hydrogens is 405 g/mol. The van der Waals surface area contributed by atoms with Gasteiger partial charge < -0.3 is 14.8 Å². The fourth-order valence-corrected chi connectivity index (χ4v) is 4.09. The van der Waals surface area contributed by atoms with E-state index in [2.05, 4.69) is 10.3 Å². The van der Waals surface area contributed by atoms with E-state index in [-0.39, 0.29) is 11.7 Å². The lowest BCUT2D eigenvalue weighted by molar-refractivity contribution is -0.116. The van der Waals surface area contributed by atoms with Gasteiger partial charge in [-0.05, 0) is 30.7 Å². The summed E-state index contributed by atoms with van der Waals surface area (Å²) >= 11 is 1.47. The molecule has 0 atom stereocenters. The Bertz CT molecular complexity index is 1200. The van der Waals surface area contributed by atoms with Crippen LogP contribution in [-0.4, -0.2) is 29.5 Å². The lowest BCUT2D eigenvalue weighted by atomic mass is 10.1. The number of fused-ring (bicyclic) bond motifs is 1. The highest BCUT2D eigenvalue weighted by Crippen LogP contribution is 2.30. The van der Waals surface area contributed by atoms with Crippen molar-refractivity contribution in [2.24, 2.45) is 0 Å². The predicted octanol–water partition coefficient (Wildman–Crippen LogP) is 4.79. The fourth-order valence-electron chi connectivity index (χ4n) is 3.19. The van der Waals surface area contributed by atoms with E-state index in [1.807, 2.05) is 16.0 Å². The van der Waals surface area contributed by atoms with E-state index in [0.717, 1.165) is 10.7 Å². The molecule has 0 aliphatic heterocycles. The number of benzene rings is 2. The molecular formula is C22H20FN3O3S. The van der Waals surface area contributed by atoms with Gasteiger partial charge in [-0.15, -0.1) is 11.3 Å². The van der Waals surface area contributed by atoms with E-state index in [4.69, 9.17) is 9.47 Å². The third-order valence-corrected chi connectivity index (χ3v) is 5.60. The summed E-state index contributed by atoms with van der Waals surface area (Å²) in [5.74, 6) is 0.728. The zero-order valence-corrected chi connectivity index (χ0v) is 17.3. The molecule has 4 aromatic rings. The lowest BCUT2D eigenvalue weighted by Gasteiger charge is -2.10. The van der Waals surface area contributed by atoms with Crippen LogP contribution in [0.5, 0.6) is 11.5 Å². The topological polar surface area (TPSA) is 64.9 Å². The van der Waals surface area contributed by atoms with Crippen LogP contribution in [0.2, 0.25) is 0 Å². The van der Waals surface area contributed by atoms with Crippen molar-refractivity contribution < 1.29 is 18.7 Å². The van der Waals surface area contributed by atoms with E-state index in [9.17, 15) is 9.18 Å². The zero-order valence-electron chi connectivity index (χ0n) is 16.5. The number of nitrogens with zero attached hydrogens (tertiary/aromatic N) is 2. The number of ether oxygens (including phenoxy) is 2. The number of thiazole rings is 1. The first-order valence-corrected chi connectivity index (χ1v) is 10.2. The molecule has 0 unspecified atom stereocenters. The summed E-state index contributed by atoms with van der Waals surface area (Å²) in [5.41, 5.74) is 2.63. The molecule has 0 radical (unpaired) electrons. The lowest BCUT2D eigenvalue weighted by Crippen LogP contribution is -2.12. The number of imidazole rings is 1. The average molecular weight is 425 g/mol. The number of halogens is 1. The highest BCUT2D eigenvalue weighted by molar-refractivity contribution is 7.15.